The van der Waals surface area contributed by atoms with Crippen LogP contribution in [0, 0.1) is 0 Å². The number of rotatable bonds is 3. The minimum atomic E-state index is 0.0347. The van der Waals surface area contributed by atoms with Gasteiger partial charge in [-0.15, -0.1) is 11.3 Å². The molecule has 1 N–H and O–H groups in total. The third-order valence-corrected chi connectivity index (χ3v) is 13.4. The molecule has 0 aliphatic carbocycles. The molecule has 0 saturated carbocycles. The van der Waals surface area contributed by atoms with E-state index in [1.807, 2.05) is 11.3 Å². The Labute approximate surface area is 332 Å². The summed E-state index contributed by atoms with van der Waals surface area (Å²) in [6, 6.07) is 52.8. The summed E-state index contributed by atoms with van der Waals surface area (Å²) in [5.41, 5.74) is 14.3. The highest BCUT2D eigenvalue weighted by Crippen LogP contribution is 2.47. The summed E-state index contributed by atoms with van der Waals surface area (Å²) in [4.78, 5) is 0. The van der Waals surface area contributed by atoms with Gasteiger partial charge < -0.3 is 9.88 Å². The zero-order valence-electron chi connectivity index (χ0n) is 32.8. The molecule has 3 heterocycles. The van der Waals surface area contributed by atoms with Crippen LogP contribution in [0.15, 0.2) is 140 Å². The number of nitrogens with zero attached hydrogens (tertiary/aromatic N) is 1. The Hall–Kier alpha value is -5.84. The first-order valence-electron chi connectivity index (χ1n) is 19.9. The van der Waals surface area contributed by atoms with Crippen LogP contribution in [0.4, 0.5) is 11.4 Å². The van der Waals surface area contributed by atoms with Crippen LogP contribution in [0.25, 0.3) is 80.3 Å². The number of hydrogen-bond donors (Lipinski definition) is 1. The molecule has 0 spiro atoms. The molecule has 2 aromatic heterocycles. The van der Waals surface area contributed by atoms with Crippen molar-refractivity contribution in [3.8, 4) is 16.8 Å². The third-order valence-electron chi connectivity index (χ3n) is 12.3. The molecule has 10 aromatic rings. The average Bonchev–Trinajstić information content (AvgIpc) is 3.74. The Kier molecular flexibility index (Phi) is 7.08. The summed E-state index contributed by atoms with van der Waals surface area (Å²) in [5, 5.41) is 14.4. The lowest BCUT2D eigenvalue weighted by Gasteiger charge is -2.28. The molecule has 2 nitrogen and oxygen atoms in total. The van der Waals surface area contributed by atoms with Crippen molar-refractivity contribution in [1.29, 1.82) is 0 Å². The average molecular weight is 739 g/mol. The molecular formula is C52H43BN2S. The monoisotopic (exact) mass is 738 g/mol. The molecule has 0 saturated heterocycles. The van der Waals surface area contributed by atoms with Crippen molar-refractivity contribution >= 4 is 104 Å². The molecule has 270 valence electrons. The molecule has 4 heteroatoms. The third kappa shape index (κ3) is 4.95. The zero-order chi connectivity index (χ0) is 38.1. The molecule has 0 fully saturated rings. The number of aromatic nitrogens is 1. The molecule has 0 radical (unpaired) electrons. The molecular weight excluding hydrogens is 695 g/mol. The summed E-state index contributed by atoms with van der Waals surface area (Å²) < 4.78 is 5.24. The highest BCUT2D eigenvalue weighted by molar-refractivity contribution is 7.25. The smallest absolute Gasteiger partial charge is 0.198 e. The van der Waals surface area contributed by atoms with E-state index >= 15 is 0 Å². The highest BCUT2D eigenvalue weighted by Gasteiger charge is 2.31. The van der Waals surface area contributed by atoms with Crippen molar-refractivity contribution in [1.82, 2.24) is 4.57 Å². The molecule has 0 atom stereocenters. The second kappa shape index (κ2) is 11.8. The first-order valence-corrected chi connectivity index (χ1v) is 20.7. The van der Waals surface area contributed by atoms with Gasteiger partial charge in [0.15, 0.2) is 7.28 Å². The Balaban J connectivity index is 1.29. The number of anilines is 2. The number of nitrogens with one attached hydrogen (secondary N) is 1. The van der Waals surface area contributed by atoms with Gasteiger partial charge in [-0.25, -0.2) is 0 Å². The van der Waals surface area contributed by atoms with Crippen LogP contribution in [-0.2, 0) is 10.8 Å². The molecule has 0 bridgehead atoms. The lowest BCUT2D eigenvalue weighted by Crippen LogP contribution is -2.38. The predicted molar refractivity (Wildman–Crippen MR) is 248 cm³/mol. The summed E-state index contributed by atoms with van der Waals surface area (Å²) in [6.07, 6.45) is 0. The fourth-order valence-electron chi connectivity index (χ4n) is 9.42. The first-order chi connectivity index (χ1) is 27.0. The lowest BCUT2D eigenvalue weighted by molar-refractivity contribution is 0.590. The van der Waals surface area contributed by atoms with E-state index in [4.69, 9.17) is 0 Å². The maximum Gasteiger partial charge on any atom is 0.198 e. The molecule has 1 aliphatic heterocycles. The summed E-state index contributed by atoms with van der Waals surface area (Å²) >= 11 is 1.88. The molecule has 0 unspecified atom stereocenters. The summed E-state index contributed by atoms with van der Waals surface area (Å²) in [7, 11) is 0.853. The number of fused-ring (bicyclic) bond motifs is 12. The van der Waals surface area contributed by atoms with Gasteiger partial charge >= 0.3 is 0 Å². The zero-order valence-corrected chi connectivity index (χ0v) is 33.7. The SMILES string of the molecule is CC(C)(C)c1ccc(Nc2cc3sc4ccccc4c3cc2-c2c3c4c(c5ccccc25)c2ccc5ccccc5c2n4-c2ccc(C(C)(C)C)cc2B3)cc1. The quantitative estimate of drug-likeness (QED) is 0.179. The largest absolute Gasteiger partial charge is 0.355 e. The minimum Gasteiger partial charge on any atom is -0.355 e. The van der Waals surface area contributed by atoms with E-state index in [2.05, 4.69) is 191 Å². The predicted octanol–water partition coefficient (Wildman–Crippen LogP) is 13.2. The van der Waals surface area contributed by atoms with Gasteiger partial charge in [-0.05, 0) is 85.5 Å². The van der Waals surface area contributed by atoms with E-state index < -0.39 is 0 Å². The first kappa shape index (κ1) is 33.5. The molecule has 8 aromatic carbocycles. The second-order valence-electron chi connectivity index (χ2n) is 17.9. The van der Waals surface area contributed by atoms with Crippen molar-refractivity contribution in [3.05, 3.63) is 151 Å². The van der Waals surface area contributed by atoms with Crippen LogP contribution in [0.1, 0.15) is 52.7 Å². The van der Waals surface area contributed by atoms with E-state index in [-0.39, 0.29) is 10.8 Å². The van der Waals surface area contributed by atoms with Gasteiger partial charge in [0.1, 0.15) is 0 Å². The Morgan fingerprint density at radius 3 is 1.98 bits per heavy atom. The van der Waals surface area contributed by atoms with Gasteiger partial charge in [0.2, 0.25) is 0 Å². The van der Waals surface area contributed by atoms with E-state index in [0.29, 0.717) is 0 Å². The van der Waals surface area contributed by atoms with Crippen LogP contribution in [-0.4, -0.2) is 11.8 Å². The molecule has 11 rings (SSSR count). The highest BCUT2D eigenvalue weighted by atomic mass is 32.1. The molecule has 0 amide bonds. The minimum absolute atomic E-state index is 0.0347. The van der Waals surface area contributed by atoms with Crippen molar-refractivity contribution < 1.29 is 0 Å². The number of benzene rings is 8. The Morgan fingerprint density at radius 1 is 0.536 bits per heavy atom. The van der Waals surface area contributed by atoms with Crippen LogP contribution in [0.2, 0.25) is 0 Å². The number of thiophene rings is 1. The van der Waals surface area contributed by atoms with Crippen molar-refractivity contribution in [2.45, 2.75) is 52.4 Å². The van der Waals surface area contributed by atoms with Crippen LogP contribution in [0.5, 0.6) is 0 Å². The fourth-order valence-corrected chi connectivity index (χ4v) is 10.5. The van der Waals surface area contributed by atoms with Gasteiger partial charge in [-0.1, -0.05) is 150 Å². The maximum absolute atomic E-state index is 3.98. The number of hydrogen-bond acceptors (Lipinski definition) is 2. The molecule has 56 heavy (non-hydrogen) atoms. The maximum atomic E-state index is 3.98. The van der Waals surface area contributed by atoms with Crippen LogP contribution >= 0.6 is 11.3 Å². The van der Waals surface area contributed by atoms with E-state index in [1.165, 1.54) is 102 Å². The van der Waals surface area contributed by atoms with E-state index in [1.54, 1.807) is 0 Å². The van der Waals surface area contributed by atoms with Crippen molar-refractivity contribution in [2.75, 3.05) is 5.32 Å². The van der Waals surface area contributed by atoms with Crippen molar-refractivity contribution in [3.63, 3.8) is 0 Å². The van der Waals surface area contributed by atoms with E-state index in [9.17, 15) is 0 Å². The normalized spacial score (nSPS) is 13.0. The van der Waals surface area contributed by atoms with Crippen LogP contribution in [0.3, 0.4) is 0 Å². The topological polar surface area (TPSA) is 17.0 Å². The van der Waals surface area contributed by atoms with E-state index in [0.717, 1.165) is 18.7 Å². The fraction of sp³-hybridized carbons (Fsp3) is 0.154. The van der Waals surface area contributed by atoms with Gasteiger partial charge in [-0.2, -0.15) is 0 Å². The summed E-state index contributed by atoms with van der Waals surface area (Å²) in [5.74, 6) is 0. The van der Waals surface area contributed by atoms with Gasteiger partial charge in [-0.3, -0.25) is 0 Å². The van der Waals surface area contributed by atoms with Crippen LogP contribution < -0.4 is 16.2 Å². The van der Waals surface area contributed by atoms with Crippen molar-refractivity contribution in [2.24, 2.45) is 0 Å². The second-order valence-corrected chi connectivity index (χ2v) is 18.9. The lowest BCUT2D eigenvalue weighted by atomic mass is 9.57. The Morgan fingerprint density at radius 2 is 1.21 bits per heavy atom. The summed E-state index contributed by atoms with van der Waals surface area (Å²) in [6.45, 7) is 13.8. The van der Waals surface area contributed by atoms with Gasteiger partial charge in [0.05, 0.1) is 5.52 Å². The molecule has 1 aliphatic rings. The van der Waals surface area contributed by atoms with Gasteiger partial charge in [0, 0.05) is 64.5 Å². The standard InChI is InChI=1S/C52H43BN2S/c1-51(2,3)31-20-23-33(24-21-31)54-42-29-45-39(35-15-11-12-18-44(35)56-45)28-40(42)46-36-16-9-10-17-37(36)47-38-25-19-30-13-7-8-14-34(30)49(38)55-43-26-22-32(52(4,5)6)27-41(43)53-48(46)50(47)55/h7-29,53-54H,1-6H3. The van der Waals surface area contributed by atoms with Gasteiger partial charge in [0.25, 0.3) is 0 Å². The Bertz CT molecular complexity index is 3260.